The maximum Gasteiger partial charge on any atom is 0.321 e. The molecule has 0 unspecified atom stereocenters. The Bertz CT molecular complexity index is 1150. The van der Waals surface area contributed by atoms with Gasteiger partial charge in [-0.25, -0.2) is 4.79 Å². The SMILES string of the molecule is Cc1ccccc1-c1ccc2n(c1=O)C[C@@H]1C[C@@H]2CN(C(=O)Nc2ccccc2)C1. The molecule has 0 spiro atoms. The van der Waals surface area contributed by atoms with Crippen molar-refractivity contribution in [1.29, 1.82) is 0 Å². The van der Waals surface area contributed by atoms with Gasteiger partial charge in [0, 0.05) is 42.5 Å². The van der Waals surface area contributed by atoms with Crippen molar-refractivity contribution in [3.63, 3.8) is 0 Å². The van der Waals surface area contributed by atoms with E-state index in [1.807, 2.05) is 77.1 Å². The van der Waals surface area contributed by atoms with E-state index in [1.54, 1.807) is 0 Å². The summed E-state index contributed by atoms with van der Waals surface area (Å²) in [6.45, 7) is 4.02. The third-order valence-corrected chi connectivity index (χ3v) is 6.35. The monoisotopic (exact) mass is 399 g/mol. The summed E-state index contributed by atoms with van der Waals surface area (Å²) in [5.41, 5.74) is 4.80. The molecule has 2 aliphatic rings. The number of anilines is 1. The van der Waals surface area contributed by atoms with Crippen LogP contribution in [0.15, 0.2) is 71.5 Å². The number of aromatic nitrogens is 1. The molecule has 1 fully saturated rings. The molecule has 5 rings (SSSR count). The van der Waals surface area contributed by atoms with Crippen LogP contribution in [-0.2, 0) is 6.54 Å². The van der Waals surface area contributed by atoms with Crippen LogP contribution in [0.3, 0.4) is 0 Å². The molecule has 2 atom stereocenters. The van der Waals surface area contributed by atoms with Gasteiger partial charge >= 0.3 is 6.03 Å². The van der Waals surface area contributed by atoms with E-state index in [9.17, 15) is 9.59 Å². The summed E-state index contributed by atoms with van der Waals surface area (Å²) < 4.78 is 1.95. The number of rotatable bonds is 2. The number of urea groups is 1. The Labute approximate surface area is 176 Å². The Morgan fingerprint density at radius 2 is 1.67 bits per heavy atom. The van der Waals surface area contributed by atoms with Crippen LogP contribution in [0.4, 0.5) is 10.5 Å². The molecule has 30 heavy (non-hydrogen) atoms. The standard InChI is InChI=1S/C25H25N3O2/c1-17-7-5-6-10-21(17)22-11-12-23-19-13-18(15-28(23)24(22)29)14-27(16-19)25(30)26-20-8-3-2-4-9-20/h2-12,18-19H,13-16H2,1H3,(H,26,30)/t18-,19-/m1/s1. The minimum atomic E-state index is -0.0665. The van der Waals surface area contributed by atoms with Crippen molar-refractivity contribution in [2.45, 2.75) is 25.8 Å². The lowest BCUT2D eigenvalue weighted by atomic mass is 9.83. The van der Waals surface area contributed by atoms with Gasteiger partial charge in [-0.3, -0.25) is 4.79 Å². The fourth-order valence-corrected chi connectivity index (χ4v) is 4.92. The number of carbonyl (C=O) groups is 1. The summed E-state index contributed by atoms with van der Waals surface area (Å²) in [7, 11) is 0. The van der Waals surface area contributed by atoms with Crippen molar-refractivity contribution in [1.82, 2.24) is 9.47 Å². The predicted molar refractivity (Wildman–Crippen MR) is 119 cm³/mol. The molecule has 1 saturated heterocycles. The highest BCUT2D eigenvalue weighted by molar-refractivity contribution is 5.89. The normalized spacial score (nSPS) is 19.8. The number of nitrogens with one attached hydrogen (secondary N) is 1. The van der Waals surface area contributed by atoms with Crippen LogP contribution in [0.2, 0.25) is 0 Å². The highest BCUT2D eigenvalue weighted by atomic mass is 16.2. The second-order valence-corrected chi connectivity index (χ2v) is 8.40. The second kappa shape index (κ2) is 7.48. The maximum atomic E-state index is 13.3. The minimum absolute atomic E-state index is 0.0665. The van der Waals surface area contributed by atoms with Gasteiger partial charge in [0.15, 0.2) is 0 Å². The first-order valence-corrected chi connectivity index (χ1v) is 10.5. The molecule has 1 N–H and O–H groups in total. The summed E-state index contributed by atoms with van der Waals surface area (Å²) in [6, 6.07) is 21.5. The number of piperidine rings is 1. The van der Waals surface area contributed by atoms with Gasteiger partial charge in [0.25, 0.3) is 5.56 Å². The number of carbonyl (C=O) groups excluding carboxylic acids is 1. The molecule has 2 bridgehead atoms. The number of nitrogens with zero attached hydrogens (tertiary/aromatic N) is 2. The molecule has 3 heterocycles. The lowest BCUT2D eigenvalue weighted by Gasteiger charge is -2.42. The molecule has 2 amide bonds. The van der Waals surface area contributed by atoms with E-state index in [-0.39, 0.29) is 17.5 Å². The summed E-state index contributed by atoms with van der Waals surface area (Å²) in [4.78, 5) is 28.0. The maximum absolute atomic E-state index is 13.3. The van der Waals surface area contributed by atoms with E-state index in [0.717, 1.165) is 34.5 Å². The smallest absolute Gasteiger partial charge is 0.321 e. The summed E-state index contributed by atoms with van der Waals surface area (Å²) in [5.74, 6) is 0.486. The number of aryl methyl sites for hydroxylation is 1. The number of hydrogen-bond acceptors (Lipinski definition) is 2. The third-order valence-electron chi connectivity index (χ3n) is 6.35. The largest absolute Gasteiger partial charge is 0.324 e. The zero-order chi connectivity index (χ0) is 20.7. The van der Waals surface area contributed by atoms with Crippen molar-refractivity contribution in [3.05, 3.63) is 88.3 Å². The number of fused-ring (bicyclic) bond motifs is 4. The third kappa shape index (κ3) is 3.30. The fraction of sp³-hybridized carbons (Fsp3) is 0.280. The highest BCUT2D eigenvalue weighted by Crippen LogP contribution is 2.36. The van der Waals surface area contributed by atoms with Crippen LogP contribution in [0.1, 0.15) is 23.6 Å². The molecule has 0 aliphatic carbocycles. The average molecular weight is 399 g/mol. The van der Waals surface area contributed by atoms with Gasteiger partial charge in [0.2, 0.25) is 0 Å². The van der Waals surface area contributed by atoms with E-state index in [4.69, 9.17) is 0 Å². The van der Waals surface area contributed by atoms with Crippen molar-refractivity contribution < 1.29 is 4.79 Å². The second-order valence-electron chi connectivity index (χ2n) is 8.40. The molecule has 152 valence electrons. The van der Waals surface area contributed by atoms with E-state index in [0.29, 0.717) is 25.6 Å². The Morgan fingerprint density at radius 3 is 2.47 bits per heavy atom. The van der Waals surface area contributed by atoms with Gasteiger partial charge in [-0.05, 0) is 54.7 Å². The Morgan fingerprint density at radius 1 is 0.900 bits per heavy atom. The number of benzene rings is 2. The number of pyridine rings is 1. The van der Waals surface area contributed by atoms with Crippen molar-refractivity contribution in [3.8, 4) is 11.1 Å². The fourth-order valence-electron chi connectivity index (χ4n) is 4.92. The molecule has 5 nitrogen and oxygen atoms in total. The van der Waals surface area contributed by atoms with E-state index >= 15 is 0 Å². The van der Waals surface area contributed by atoms with Crippen LogP contribution in [-0.4, -0.2) is 28.6 Å². The lowest BCUT2D eigenvalue weighted by molar-refractivity contribution is 0.139. The molecule has 2 aromatic carbocycles. The lowest BCUT2D eigenvalue weighted by Crippen LogP contribution is -2.50. The first kappa shape index (κ1) is 18.7. The molecule has 1 aromatic heterocycles. The van der Waals surface area contributed by atoms with Crippen molar-refractivity contribution >= 4 is 11.7 Å². The zero-order valence-corrected chi connectivity index (χ0v) is 17.0. The molecular weight excluding hydrogens is 374 g/mol. The van der Waals surface area contributed by atoms with Gasteiger partial charge in [-0.15, -0.1) is 0 Å². The first-order chi connectivity index (χ1) is 14.6. The summed E-state index contributed by atoms with van der Waals surface area (Å²) in [5, 5.41) is 2.99. The van der Waals surface area contributed by atoms with E-state index < -0.39 is 0 Å². The highest BCUT2D eigenvalue weighted by Gasteiger charge is 2.36. The van der Waals surface area contributed by atoms with Crippen LogP contribution in [0.5, 0.6) is 0 Å². The van der Waals surface area contributed by atoms with Crippen molar-refractivity contribution in [2.24, 2.45) is 5.92 Å². The van der Waals surface area contributed by atoms with Crippen molar-refractivity contribution in [2.75, 3.05) is 18.4 Å². The van der Waals surface area contributed by atoms with Gasteiger partial charge < -0.3 is 14.8 Å². The quantitative estimate of drug-likeness (QED) is 0.691. The van der Waals surface area contributed by atoms with Gasteiger partial charge in [-0.1, -0.05) is 42.5 Å². The average Bonchev–Trinajstić information content (AvgIpc) is 2.76. The molecule has 5 heteroatoms. The summed E-state index contributed by atoms with van der Waals surface area (Å²) in [6.07, 6.45) is 1.03. The number of para-hydroxylation sites is 1. The van der Waals surface area contributed by atoms with Crippen LogP contribution >= 0.6 is 0 Å². The number of amides is 2. The van der Waals surface area contributed by atoms with E-state index in [2.05, 4.69) is 11.4 Å². The van der Waals surface area contributed by atoms with Crippen LogP contribution < -0.4 is 10.9 Å². The van der Waals surface area contributed by atoms with Crippen LogP contribution in [0.25, 0.3) is 11.1 Å². The molecule has 2 aliphatic heterocycles. The minimum Gasteiger partial charge on any atom is -0.324 e. The molecule has 0 saturated carbocycles. The Kier molecular flexibility index (Phi) is 4.66. The predicted octanol–water partition coefficient (Wildman–Crippen LogP) is 4.47. The number of hydrogen-bond donors (Lipinski definition) is 1. The van der Waals surface area contributed by atoms with Gasteiger partial charge in [-0.2, -0.15) is 0 Å². The van der Waals surface area contributed by atoms with E-state index in [1.165, 1.54) is 0 Å². The topological polar surface area (TPSA) is 54.3 Å². The van der Waals surface area contributed by atoms with Gasteiger partial charge in [0.05, 0.1) is 0 Å². The number of likely N-dealkylation sites (tertiary alicyclic amines) is 1. The van der Waals surface area contributed by atoms with Crippen LogP contribution in [0, 0.1) is 12.8 Å². The Hall–Kier alpha value is -3.34. The zero-order valence-electron chi connectivity index (χ0n) is 17.0. The Balaban J connectivity index is 1.42. The van der Waals surface area contributed by atoms with Gasteiger partial charge in [0.1, 0.15) is 0 Å². The molecular formula is C25H25N3O2. The summed E-state index contributed by atoms with van der Waals surface area (Å²) >= 11 is 0. The molecule has 3 aromatic rings. The first-order valence-electron chi connectivity index (χ1n) is 10.5. The molecule has 0 radical (unpaired) electrons.